The fourth-order valence-electron chi connectivity index (χ4n) is 6.58. The molecule has 4 rings (SSSR count). The lowest BCUT2D eigenvalue weighted by atomic mass is 9.79. The lowest BCUT2D eigenvalue weighted by Gasteiger charge is -2.43. The largest absolute Gasteiger partial charge is 0.468 e. The van der Waals surface area contributed by atoms with Gasteiger partial charge in [-0.3, -0.25) is 9.59 Å². The molecule has 54 heavy (non-hydrogen) atoms. The summed E-state index contributed by atoms with van der Waals surface area (Å²) in [6, 6.07) is 9.02. The summed E-state index contributed by atoms with van der Waals surface area (Å²) in [4.78, 5) is 47.0. The Morgan fingerprint density at radius 1 is 1.07 bits per heavy atom. The molecule has 4 atom stereocenters. The third kappa shape index (κ3) is 10.7. The zero-order valence-corrected chi connectivity index (χ0v) is 32.1. The van der Waals surface area contributed by atoms with Crippen molar-refractivity contribution < 1.29 is 51.6 Å². The number of halogens is 3. The summed E-state index contributed by atoms with van der Waals surface area (Å²) in [5, 5.41) is 10.3. The van der Waals surface area contributed by atoms with Gasteiger partial charge in [-0.15, -0.1) is 0 Å². The van der Waals surface area contributed by atoms with Crippen molar-refractivity contribution in [3.05, 3.63) is 71.7 Å². The molecular formula is C39H51F3N4O8. The van der Waals surface area contributed by atoms with Crippen molar-refractivity contribution in [2.24, 2.45) is 11.3 Å². The van der Waals surface area contributed by atoms with E-state index in [4.69, 9.17) is 23.9 Å². The molecule has 2 amide bonds. The molecule has 1 aliphatic rings. The first-order chi connectivity index (χ1) is 25.3. The van der Waals surface area contributed by atoms with Crippen molar-refractivity contribution in [3.63, 3.8) is 0 Å². The van der Waals surface area contributed by atoms with Crippen molar-refractivity contribution in [2.45, 2.75) is 85.4 Å². The molecule has 2 heterocycles. The number of hydrogen-bond donors (Lipinski definition) is 1. The maximum absolute atomic E-state index is 15.9. The number of hydrogen-bond acceptors (Lipinski definition) is 9. The minimum atomic E-state index is -1.56. The highest BCUT2D eigenvalue weighted by Gasteiger charge is 2.46. The molecule has 1 fully saturated rings. The summed E-state index contributed by atoms with van der Waals surface area (Å²) in [5.74, 6) is -3.04. The summed E-state index contributed by atoms with van der Waals surface area (Å²) in [6.07, 6.45) is -1.94. The second kappa shape index (κ2) is 17.7. The Morgan fingerprint density at radius 3 is 2.44 bits per heavy atom. The van der Waals surface area contributed by atoms with Crippen molar-refractivity contribution in [1.29, 1.82) is 0 Å². The number of rotatable bonds is 15. The van der Waals surface area contributed by atoms with E-state index in [0.717, 1.165) is 25.1 Å². The first kappa shape index (κ1) is 42.1. The number of likely N-dealkylation sites (tertiary alicyclic amines) is 1. The Hall–Kier alpha value is -4.63. The first-order valence-electron chi connectivity index (χ1n) is 17.8. The predicted molar refractivity (Wildman–Crippen MR) is 193 cm³/mol. The van der Waals surface area contributed by atoms with Gasteiger partial charge in [-0.05, 0) is 75.4 Å². The number of imidazole rings is 1. The van der Waals surface area contributed by atoms with E-state index in [1.54, 1.807) is 57.4 Å². The molecule has 15 heteroatoms. The molecule has 0 bridgehead atoms. The quantitative estimate of drug-likeness (QED) is 0.140. The second-order valence-corrected chi connectivity index (χ2v) is 15.2. The van der Waals surface area contributed by atoms with Crippen LogP contribution in [0.25, 0.3) is 11.3 Å². The highest BCUT2D eigenvalue weighted by Crippen LogP contribution is 2.43. The van der Waals surface area contributed by atoms with Crippen LogP contribution in [-0.2, 0) is 30.3 Å². The molecule has 12 nitrogen and oxygen atoms in total. The number of carbonyl (C=O) groups excluding carboxylic acids is 3. The van der Waals surface area contributed by atoms with Crippen molar-refractivity contribution in [1.82, 2.24) is 19.4 Å². The molecule has 0 spiro atoms. The molecule has 0 aliphatic carbocycles. The van der Waals surface area contributed by atoms with Crippen LogP contribution in [0.3, 0.4) is 0 Å². The molecule has 1 aliphatic heterocycles. The number of nitrogens with zero attached hydrogens (tertiary/aromatic N) is 4. The fourth-order valence-corrected chi connectivity index (χ4v) is 6.58. The van der Waals surface area contributed by atoms with E-state index in [1.165, 1.54) is 30.0 Å². The predicted octanol–water partition coefficient (Wildman–Crippen LogP) is 6.29. The number of carbonyl (C=O) groups is 3. The van der Waals surface area contributed by atoms with Gasteiger partial charge < -0.3 is 38.4 Å². The van der Waals surface area contributed by atoms with Gasteiger partial charge >= 0.3 is 12.1 Å². The van der Waals surface area contributed by atoms with Crippen LogP contribution in [0.4, 0.5) is 18.0 Å². The molecule has 296 valence electrons. The van der Waals surface area contributed by atoms with Crippen molar-refractivity contribution in [3.8, 4) is 17.0 Å². The number of alkyl halides is 1. The van der Waals surface area contributed by atoms with Crippen LogP contribution in [0.15, 0.2) is 48.7 Å². The molecule has 0 radical (unpaired) electrons. The third-order valence-electron chi connectivity index (χ3n) is 9.08. The number of aliphatic hydroxyl groups is 1. The van der Waals surface area contributed by atoms with E-state index in [9.17, 15) is 23.9 Å². The molecule has 1 aromatic heterocycles. The van der Waals surface area contributed by atoms with Gasteiger partial charge in [0.2, 0.25) is 0 Å². The summed E-state index contributed by atoms with van der Waals surface area (Å²) in [7, 11) is 1.49. The van der Waals surface area contributed by atoms with Crippen LogP contribution in [0.1, 0.15) is 72.3 Å². The Labute approximate surface area is 314 Å². The smallest absolute Gasteiger partial charge is 0.410 e. The maximum Gasteiger partial charge on any atom is 0.410 e. The van der Waals surface area contributed by atoms with E-state index in [-0.39, 0.29) is 63.1 Å². The Kier molecular flexibility index (Phi) is 13.8. The fraction of sp³-hybridized carbons (Fsp3) is 0.538. The zero-order chi connectivity index (χ0) is 40.0. The lowest BCUT2D eigenvalue weighted by Crippen LogP contribution is -2.50. The van der Waals surface area contributed by atoms with Gasteiger partial charge in [0.05, 0.1) is 18.3 Å². The van der Waals surface area contributed by atoms with Crippen LogP contribution in [0, 0.1) is 23.0 Å². The van der Waals surface area contributed by atoms with Gasteiger partial charge in [-0.25, -0.2) is 22.9 Å². The zero-order valence-electron chi connectivity index (χ0n) is 32.1. The average Bonchev–Trinajstić information content (AvgIpc) is 3.65. The van der Waals surface area contributed by atoms with E-state index >= 15 is 8.78 Å². The second-order valence-electron chi connectivity index (χ2n) is 15.2. The number of ether oxygens (including phenoxy) is 4. The molecule has 1 saturated heterocycles. The van der Waals surface area contributed by atoms with E-state index in [1.807, 2.05) is 6.07 Å². The van der Waals surface area contributed by atoms with Crippen LogP contribution in [0.2, 0.25) is 0 Å². The van der Waals surface area contributed by atoms with Gasteiger partial charge in [0.1, 0.15) is 35.0 Å². The number of aliphatic hydroxyl groups excluding tert-OH is 1. The van der Waals surface area contributed by atoms with E-state index in [2.05, 4.69) is 0 Å². The van der Waals surface area contributed by atoms with E-state index in [0.29, 0.717) is 11.3 Å². The third-order valence-corrected chi connectivity index (χ3v) is 9.08. The summed E-state index contributed by atoms with van der Waals surface area (Å²) < 4.78 is 69.0. The SMILES string of the molecule is COCOc1cccc(Cn2cc(-c3cc(F)ccc3F)nc2[C@H](N(C[C@@H]2CN(C(=O)OC(C)(C)C)CC2F)C(=O)[C@H](C)OC(C)=O)C(C)(C)CCO)c1. The number of esters is 1. The number of aromatic nitrogens is 2. The van der Waals surface area contributed by atoms with Gasteiger partial charge in [0.25, 0.3) is 5.91 Å². The monoisotopic (exact) mass is 760 g/mol. The van der Waals surface area contributed by atoms with Gasteiger partial charge in [0, 0.05) is 58.0 Å². The minimum absolute atomic E-state index is 0.000123. The minimum Gasteiger partial charge on any atom is -0.468 e. The highest BCUT2D eigenvalue weighted by molar-refractivity contribution is 5.83. The molecule has 3 aromatic rings. The average molecular weight is 761 g/mol. The number of amides is 2. The lowest BCUT2D eigenvalue weighted by molar-refractivity contribution is -0.161. The Bertz CT molecular complexity index is 1780. The standard InChI is InChI=1S/C39H51F3N4O8/c1-24(53-25(2)48)36(49)46(20-27-19-45(21-32(27)42)37(50)54-38(3,4)5)34(39(6,7)14-15-47)35-43-33(30-17-28(40)12-13-31(30)41)22-44(35)18-26-10-9-11-29(16-26)52-23-51-8/h9-13,16-17,22,24,27,32,34,47H,14-15,18-21,23H2,1-8H3/t24-,27-,32?,34-/m0/s1. The van der Waals surface area contributed by atoms with Crippen molar-refractivity contribution >= 4 is 18.0 Å². The Balaban J connectivity index is 1.91. The van der Waals surface area contributed by atoms with Crippen LogP contribution >= 0.6 is 0 Å². The maximum atomic E-state index is 15.9. The van der Waals surface area contributed by atoms with Gasteiger partial charge in [-0.2, -0.15) is 0 Å². The first-order valence-corrected chi connectivity index (χ1v) is 17.8. The van der Waals surface area contributed by atoms with Gasteiger partial charge in [0.15, 0.2) is 12.9 Å². The van der Waals surface area contributed by atoms with E-state index < -0.39 is 64.9 Å². The topological polar surface area (TPSA) is 133 Å². The molecular weight excluding hydrogens is 709 g/mol. The van der Waals surface area contributed by atoms with Crippen molar-refractivity contribution in [2.75, 3.05) is 40.1 Å². The highest BCUT2D eigenvalue weighted by atomic mass is 19.1. The normalized spacial score (nSPS) is 17.2. The Morgan fingerprint density at radius 2 is 1.80 bits per heavy atom. The molecule has 0 saturated carbocycles. The molecule has 2 aromatic carbocycles. The van der Waals surface area contributed by atoms with Gasteiger partial charge in [-0.1, -0.05) is 26.0 Å². The molecule has 1 unspecified atom stereocenters. The van der Waals surface area contributed by atoms with Crippen LogP contribution < -0.4 is 4.74 Å². The van der Waals surface area contributed by atoms with Crippen LogP contribution in [0.5, 0.6) is 5.75 Å². The summed E-state index contributed by atoms with van der Waals surface area (Å²) in [5.41, 5.74) is -1.21. The molecule has 1 N–H and O–H groups in total. The number of benzene rings is 2. The van der Waals surface area contributed by atoms with Crippen LogP contribution in [-0.4, -0.2) is 100 Å². The summed E-state index contributed by atoms with van der Waals surface area (Å²) in [6.45, 7) is 10.4. The number of methoxy groups -OCH3 is 1. The summed E-state index contributed by atoms with van der Waals surface area (Å²) >= 11 is 0.